The molecule has 0 aromatic carbocycles. The average molecular weight is 589 g/mol. The van der Waals surface area contributed by atoms with E-state index in [9.17, 15) is 23.8 Å². The number of nitrogens with one attached hydrogen (secondary N) is 3. The number of amides is 3. The molecule has 0 aromatic heterocycles. The molecule has 39 heavy (non-hydrogen) atoms. The molecule has 0 aliphatic rings. The van der Waals surface area contributed by atoms with Gasteiger partial charge in [0.1, 0.15) is 19.3 Å². The summed E-state index contributed by atoms with van der Waals surface area (Å²) in [6.07, 6.45) is 0.0565. The first-order chi connectivity index (χ1) is 18.8. The average Bonchev–Trinajstić information content (AvgIpc) is 2.91. The summed E-state index contributed by atoms with van der Waals surface area (Å²) in [5.74, 6) is -0.485. The maximum atomic E-state index is 12.6. The molecule has 0 bridgehead atoms. The van der Waals surface area contributed by atoms with Crippen molar-refractivity contribution < 1.29 is 61.3 Å². The molecule has 0 heterocycles. The van der Waals surface area contributed by atoms with Crippen molar-refractivity contribution in [3.8, 4) is 0 Å². The third-order valence-corrected chi connectivity index (χ3v) is 5.62. The third kappa shape index (κ3) is 23.6. The number of phosphoric ester groups is 1. The van der Waals surface area contributed by atoms with E-state index in [0.717, 1.165) is 7.11 Å². The summed E-state index contributed by atoms with van der Waals surface area (Å²) < 4.78 is 50.1. The number of methoxy groups -OCH3 is 2. The summed E-state index contributed by atoms with van der Waals surface area (Å²) >= 11 is 0. The Kier molecular flexibility index (Phi) is 23.7. The molecule has 17 heteroatoms. The van der Waals surface area contributed by atoms with Gasteiger partial charge in [-0.3, -0.25) is 9.36 Å². The van der Waals surface area contributed by atoms with Gasteiger partial charge in [0, 0.05) is 34.4 Å². The smallest absolute Gasteiger partial charge is 0.407 e. The van der Waals surface area contributed by atoms with Crippen LogP contribution in [-0.2, 0) is 46.8 Å². The fourth-order valence-electron chi connectivity index (χ4n) is 2.68. The van der Waals surface area contributed by atoms with Crippen LogP contribution in [-0.4, -0.2) is 118 Å². The predicted molar refractivity (Wildman–Crippen MR) is 135 cm³/mol. The Morgan fingerprint density at radius 2 is 1.28 bits per heavy atom. The van der Waals surface area contributed by atoms with Gasteiger partial charge in [-0.2, -0.15) is 0 Å². The normalized spacial score (nSPS) is 13.2. The lowest BCUT2D eigenvalue weighted by molar-refractivity contribution is -0.222. The highest BCUT2D eigenvalue weighted by Gasteiger charge is 2.21. The SMILES string of the molecule is COCCOCCOC(=O)NCCCCC(NC(=O)OCCOCCOC)C(=O)NCCCOP(=O)([O-])OC. The Morgan fingerprint density at radius 1 is 0.718 bits per heavy atom. The van der Waals surface area contributed by atoms with Crippen molar-refractivity contribution in [2.45, 2.75) is 31.7 Å². The van der Waals surface area contributed by atoms with E-state index in [2.05, 4.69) is 25.0 Å². The molecule has 0 radical (unpaired) electrons. The van der Waals surface area contributed by atoms with E-state index in [0.29, 0.717) is 45.8 Å². The second kappa shape index (κ2) is 25.0. The third-order valence-electron chi connectivity index (χ3n) is 4.68. The summed E-state index contributed by atoms with van der Waals surface area (Å²) in [6, 6.07) is -0.923. The number of unbranched alkanes of at least 4 members (excludes halogenated alkanes) is 1. The number of hydrogen-bond acceptors (Lipinski definition) is 13. The van der Waals surface area contributed by atoms with Crippen LogP contribution in [0.2, 0.25) is 0 Å². The van der Waals surface area contributed by atoms with Crippen LogP contribution in [0.1, 0.15) is 25.7 Å². The summed E-state index contributed by atoms with van der Waals surface area (Å²) in [7, 11) is -0.259. The Labute approximate surface area is 229 Å². The van der Waals surface area contributed by atoms with Crippen LogP contribution in [0.25, 0.3) is 0 Å². The van der Waals surface area contributed by atoms with Gasteiger partial charge in [0.05, 0.1) is 46.2 Å². The molecule has 2 atom stereocenters. The minimum atomic E-state index is -4.34. The van der Waals surface area contributed by atoms with E-state index >= 15 is 0 Å². The van der Waals surface area contributed by atoms with Gasteiger partial charge >= 0.3 is 12.2 Å². The molecule has 0 spiro atoms. The van der Waals surface area contributed by atoms with Crippen LogP contribution in [0.4, 0.5) is 9.59 Å². The largest absolute Gasteiger partial charge is 0.756 e. The fourth-order valence-corrected chi connectivity index (χ4v) is 3.14. The highest BCUT2D eigenvalue weighted by atomic mass is 31.2. The van der Waals surface area contributed by atoms with Gasteiger partial charge in [0.2, 0.25) is 5.91 Å². The van der Waals surface area contributed by atoms with E-state index in [1.54, 1.807) is 7.11 Å². The molecule has 0 aromatic rings. The van der Waals surface area contributed by atoms with Gasteiger partial charge in [-0.05, 0) is 25.7 Å². The molecule has 0 aliphatic carbocycles. The molecular weight excluding hydrogens is 545 g/mol. The highest BCUT2D eigenvalue weighted by Crippen LogP contribution is 2.36. The zero-order valence-electron chi connectivity index (χ0n) is 22.9. The summed E-state index contributed by atoms with van der Waals surface area (Å²) in [5, 5.41) is 7.71. The fraction of sp³-hybridized carbons (Fsp3) is 0.864. The molecular formula is C22H43N3O13P-. The van der Waals surface area contributed by atoms with Gasteiger partial charge < -0.3 is 58.3 Å². The van der Waals surface area contributed by atoms with Crippen LogP contribution < -0.4 is 20.8 Å². The standard InChI is InChI=1S/C22H44N3O13P/c1-31-11-13-34-15-17-36-21(27)24-8-5-4-7-19(25-22(28)37-18-16-35-14-12-32-2)20(26)23-9-6-10-38-39(29,30)33-3/h19H,4-18H2,1-3H3,(H,23,26)(H,24,27)(H,25,28)(H,29,30)/p-1. The van der Waals surface area contributed by atoms with Crippen LogP contribution >= 0.6 is 7.82 Å². The number of phosphoric acid groups is 1. The quantitative estimate of drug-likeness (QED) is 0.0947. The summed E-state index contributed by atoms with van der Waals surface area (Å²) in [4.78, 5) is 47.6. The van der Waals surface area contributed by atoms with Crippen molar-refractivity contribution in [1.82, 2.24) is 16.0 Å². The van der Waals surface area contributed by atoms with Gasteiger partial charge in [-0.1, -0.05) is 0 Å². The Morgan fingerprint density at radius 3 is 1.87 bits per heavy atom. The highest BCUT2D eigenvalue weighted by molar-refractivity contribution is 7.45. The second-order valence-corrected chi connectivity index (χ2v) is 9.23. The van der Waals surface area contributed by atoms with Crippen LogP contribution in [0.15, 0.2) is 0 Å². The molecule has 3 N–H and O–H groups in total. The Bertz CT molecular complexity index is 702. The van der Waals surface area contributed by atoms with Crippen LogP contribution in [0.5, 0.6) is 0 Å². The minimum absolute atomic E-state index is 0.0145. The lowest BCUT2D eigenvalue weighted by atomic mass is 10.1. The van der Waals surface area contributed by atoms with Crippen molar-refractivity contribution in [3.63, 3.8) is 0 Å². The number of rotatable bonds is 25. The van der Waals surface area contributed by atoms with E-state index in [-0.39, 0.29) is 52.4 Å². The molecule has 0 fully saturated rings. The lowest BCUT2D eigenvalue weighted by Crippen LogP contribution is -2.47. The zero-order valence-corrected chi connectivity index (χ0v) is 23.8. The minimum Gasteiger partial charge on any atom is -0.756 e. The molecule has 230 valence electrons. The maximum Gasteiger partial charge on any atom is 0.407 e. The number of carbonyl (C=O) groups excluding carboxylic acids is 3. The molecule has 3 amide bonds. The Balaban J connectivity index is 4.41. The number of ether oxygens (including phenoxy) is 6. The second-order valence-electron chi connectivity index (χ2n) is 7.71. The first-order valence-corrected chi connectivity index (χ1v) is 14.0. The van der Waals surface area contributed by atoms with E-state index in [1.807, 2.05) is 0 Å². The molecule has 0 saturated heterocycles. The van der Waals surface area contributed by atoms with Gasteiger partial charge in [0.25, 0.3) is 7.82 Å². The summed E-state index contributed by atoms with van der Waals surface area (Å²) in [6.45, 7) is 2.35. The predicted octanol–water partition coefficient (Wildman–Crippen LogP) is -0.0586. The van der Waals surface area contributed by atoms with Crippen molar-refractivity contribution in [1.29, 1.82) is 0 Å². The molecule has 0 saturated carbocycles. The summed E-state index contributed by atoms with van der Waals surface area (Å²) in [5.41, 5.74) is 0. The molecule has 16 nitrogen and oxygen atoms in total. The Hall–Kier alpha value is -2.04. The van der Waals surface area contributed by atoms with Crippen LogP contribution in [0, 0.1) is 0 Å². The van der Waals surface area contributed by atoms with Crippen molar-refractivity contribution in [2.75, 3.05) is 93.9 Å². The molecule has 2 unspecified atom stereocenters. The monoisotopic (exact) mass is 588 g/mol. The first-order valence-electron chi connectivity index (χ1n) is 12.5. The van der Waals surface area contributed by atoms with Crippen molar-refractivity contribution in [2.24, 2.45) is 0 Å². The van der Waals surface area contributed by atoms with Crippen molar-refractivity contribution in [3.05, 3.63) is 0 Å². The lowest BCUT2D eigenvalue weighted by Gasteiger charge is -2.21. The number of alkyl carbamates (subject to hydrolysis) is 2. The topological polar surface area (TPSA) is 201 Å². The number of carbonyl (C=O) groups is 3. The van der Waals surface area contributed by atoms with E-state index < -0.39 is 32.0 Å². The van der Waals surface area contributed by atoms with E-state index in [1.165, 1.54) is 7.11 Å². The van der Waals surface area contributed by atoms with Gasteiger partial charge in [0.15, 0.2) is 0 Å². The van der Waals surface area contributed by atoms with Gasteiger partial charge in [-0.25, -0.2) is 9.59 Å². The number of hydrogen-bond donors (Lipinski definition) is 3. The molecule has 0 rings (SSSR count). The molecule has 0 aliphatic heterocycles. The van der Waals surface area contributed by atoms with E-state index in [4.69, 9.17) is 28.4 Å². The van der Waals surface area contributed by atoms with Gasteiger partial charge in [-0.15, -0.1) is 0 Å². The zero-order chi connectivity index (χ0) is 29.2. The first kappa shape index (κ1) is 37.0. The maximum absolute atomic E-state index is 12.6. The van der Waals surface area contributed by atoms with Crippen molar-refractivity contribution >= 4 is 25.9 Å². The van der Waals surface area contributed by atoms with Crippen LogP contribution in [0.3, 0.4) is 0 Å².